The highest BCUT2D eigenvalue weighted by Crippen LogP contribution is 2.43. The molecule has 440 valence electrons. The van der Waals surface area contributed by atoms with Crippen LogP contribution in [0.1, 0.15) is 278 Å². The molecule has 0 aromatic carbocycles. The topological polar surface area (TPSA) is 155 Å². The van der Waals surface area contributed by atoms with Gasteiger partial charge in [0.15, 0.2) is 6.10 Å². The average Bonchev–Trinajstić information content (AvgIpc) is 3.41. The van der Waals surface area contributed by atoms with Gasteiger partial charge in [0, 0.05) is 19.3 Å². The highest BCUT2D eigenvalue weighted by molar-refractivity contribution is 7.47. The van der Waals surface area contributed by atoms with Gasteiger partial charge in [0.05, 0.1) is 19.8 Å². The predicted octanol–water partition coefficient (Wildman–Crippen LogP) is 18.5. The summed E-state index contributed by atoms with van der Waals surface area (Å²) in [4.78, 5) is 48.6. The number of phosphoric ester groups is 1. The van der Waals surface area contributed by atoms with Gasteiger partial charge in [-0.05, 0) is 89.9 Å². The number of ether oxygens (including phenoxy) is 3. The molecule has 3 atom stereocenters. The Morgan fingerprint density at radius 3 is 1.08 bits per heavy atom. The van der Waals surface area contributed by atoms with Crippen molar-refractivity contribution in [1.82, 2.24) is 0 Å². The Labute approximate surface area is 465 Å². The number of carbonyl (C=O) groups is 3. The molecule has 12 heteroatoms. The summed E-state index contributed by atoms with van der Waals surface area (Å²) in [6, 6.07) is 0. The van der Waals surface area contributed by atoms with E-state index in [-0.39, 0.29) is 25.9 Å². The van der Waals surface area contributed by atoms with Gasteiger partial charge in [-0.2, -0.15) is 0 Å². The third-order valence-electron chi connectivity index (χ3n) is 13.1. The maximum atomic E-state index is 12.9. The summed E-state index contributed by atoms with van der Waals surface area (Å²) in [6.07, 6.45) is 65.7. The monoisotopic (exact) mass is 1090 g/mol. The van der Waals surface area contributed by atoms with Crippen molar-refractivity contribution in [2.45, 2.75) is 290 Å². The van der Waals surface area contributed by atoms with Crippen molar-refractivity contribution in [3.05, 3.63) is 72.9 Å². The Bertz CT molecular complexity index is 1550. The molecule has 11 nitrogen and oxygen atoms in total. The second kappa shape index (κ2) is 58.1. The second-order valence-corrected chi connectivity index (χ2v) is 21.9. The first-order valence-electron chi connectivity index (χ1n) is 30.8. The zero-order valence-corrected chi connectivity index (χ0v) is 49.6. The number of hydrogen-bond acceptors (Lipinski definition) is 10. The fraction of sp³-hybridized carbons (Fsp3) is 0.766. The van der Waals surface area contributed by atoms with E-state index in [2.05, 4.69) is 93.7 Å². The third-order valence-corrected chi connectivity index (χ3v) is 14.1. The number of aliphatic hydroxyl groups is 1. The summed E-state index contributed by atoms with van der Waals surface area (Å²) in [7, 11) is -4.76. The molecule has 76 heavy (non-hydrogen) atoms. The maximum Gasteiger partial charge on any atom is 0.472 e. The zero-order chi connectivity index (χ0) is 55.5. The molecule has 0 heterocycles. The number of hydrogen-bond donors (Lipinski definition) is 2. The summed E-state index contributed by atoms with van der Waals surface area (Å²) >= 11 is 0. The Kier molecular flexibility index (Phi) is 55.7. The molecular weight excluding hydrogens is 976 g/mol. The molecule has 0 radical (unpaired) electrons. The first-order valence-corrected chi connectivity index (χ1v) is 32.3. The number of allylic oxidation sites excluding steroid dienone is 12. The van der Waals surface area contributed by atoms with Crippen LogP contribution in [0.5, 0.6) is 0 Å². The summed E-state index contributed by atoms with van der Waals surface area (Å²) in [6.45, 7) is 4.51. The van der Waals surface area contributed by atoms with Gasteiger partial charge in [0.25, 0.3) is 0 Å². The van der Waals surface area contributed by atoms with E-state index in [0.29, 0.717) is 19.3 Å². The van der Waals surface area contributed by atoms with Crippen LogP contribution in [0, 0.1) is 0 Å². The lowest BCUT2D eigenvalue weighted by Crippen LogP contribution is -2.30. The van der Waals surface area contributed by atoms with Gasteiger partial charge in [-0.15, -0.1) is 0 Å². The molecule has 0 saturated heterocycles. The van der Waals surface area contributed by atoms with Crippen molar-refractivity contribution < 1.29 is 52.2 Å². The van der Waals surface area contributed by atoms with Gasteiger partial charge < -0.3 is 24.2 Å². The number of unbranched alkanes of at least 4 members (excludes halogenated alkanes) is 28. The Morgan fingerprint density at radius 2 is 0.684 bits per heavy atom. The van der Waals surface area contributed by atoms with E-state index in [4.69, 9.17) is 23.3 Å². The summed E-state index contributed by atoms with van der Waals surface area (Å²) in [5.74, 6) is -1.50. The largest absolute Gasteiger partial charge is 0.472 e. The third kappa shape index (κ3) is 55.7. The van der Waals surface area contributed by atoms with E-state index >= 15 is 0 Å². The van der Waals surface area contributed by atoms with Crippen molar-refractivity contribution in [3.8, 4) is 0 Å². The van der Waals surface area contributed by atoms with Gasteiger partial charge in [-0.1, -0.05) is 241 Å². The van der Waals surface area contributed by atoms with Crippen LogP contribution in [0.15, 0.2) is 72.9 Å². The Hall–Kier alpha value is -3.08. The summed E-state index contributed by atoms with van der Waals surface area (Å²) < 4.78 is 39.6. The molecule has 0 aromatic rings. The molecule has 0 fully saturated rings. The summed E-state index contributed by atoms with van der Waals surface area (Å²) in [5, 5.41) is 9.83. The van der Waals surface area contributed by atoms with Gasteiger partial charge in [-0.3, -0.25) is 23.4 Å². The van der Waals surface area contributed by atoms with E-state index in [0.717, 1.165) is 109 Å². The lowest BCUT2D eigenvalue weighted by molar-refractivity contribution is -0.161. The first kappa shape index (κ1) is 72.9. The van der Waals surface area contributed by atoms with Crippen LogP contribution in [-0.4, -0.2) is 66.5 Å². The van der Waals surface area contributed by atoms with Gasteiger partial charge in [0.2, 0.25) is 0 Å². The SMILES string of the molecule is CC/C=C\C/C=C\C/C=C\C/C=C\C/C=C\CCCCCC(=O)OC(COC(=O)CCCCCCCCCCCCCCCCC)COP(=O)(O)OCC(CO)OC(=O)CCCCCCC/C=C\CCCCCCCC. The molecule has 0 aliphatic carbocycles. The van der Waals surface area contributed by atoms with Crippen LogP contribution in [0.2, 0.25) is 0 Å². The number of rotatable bonds is 57. The van der Waals surface area contributed by atoms with Gasteiger partial charge in [0.1, 0.15) is 12.7 Å². The molecule has 0 aliphatic heterocycles. The molecule has 0 aliphatic rings. The van der Waals surface area contributed by atoms with Crippen LogP contribution in [0.25, 0.3) is 0 Å². The van der Waals surface area contributed by atoms with Crippen LogP contribution in [-0.2, 0) is 42.2 Å². The molecule has 2 N–H and O–H groups in total. The highest BCUT2D eigenvalue weighted by Gasteiger charge is 2.28. The van der Waals surface area contributed by atoms with Crippen LogP contribution >= 0.6 is 7.82 Å². The normalized spacial score (nSPS) is 13.8. The highest BCUT2D eigenvalue weighted by atomic mass is 31.2. The molecule has 0 aromatic heterocycles. The van der Waals surface area contributed by atoms with Crippen LogP contribution in [0.4, 0.5) is 0 Å². The number of phosphoric acid groups is 1. The van der Waals surface area contributed by atoms with E-state index in [9.17, 15) is 28.9 Å². The fourth-order valence-corrected chi connectivity index (χ4v) is 9.22. The number of esters is 3. The standard InChI is InChI=1S/C64H113O11P/c1-4-7-10-13-16-19-22-25-28-29-30-31-34-37-40-43-46-49-52-55-64(68)75-61(57-71-62(66)53-50-47-44-41-38-35-32-26-23-20-17-14-11-8-5-2)59-73-76(69,70)72-58-60(56-65)74-63(67)54-51-48-45-42-39-36-33-27-24-21-18-15-12-9-6-3/h7,10,16,19,25,27-28,30-31,33,37,40,60-61,65H,4-6,8-9,11-15,17-18,20-24,26,29,32,34-36,38-39,41-59H2,1-3H3,(H,69,70)/b10-7-,19-16-,28-25-,31-30-,33-27-,40-37-. The first-order chi connectivity index (χ1) is 37.2. The molecule has 0 rings (SSSR count). The lowest BCUT2D eigenvalue weighted by Gasteiger charge is -2.21. The predicted molar refractivity (Wildman–Crippen MR) is 316 cm³/mol. The van der Waals surface area contributed by atoms with Crippen molar-refractivity contribution in [2.24, 2.45) is 0 Å². The van der Waals surface area contributed by atoms with Crippen molar-refractivity contribution >= 4 is 25.7 Å². The number of aliphatic hydroxyl groups excluding tert-OH is 1. The Balaban J connectivity index is 4.77. The molecule has 0 saturated carbocycles. The Morgan fingerprint density at radius 1 is 0.382 bits per heavy atom. The quantitative estimate of drug-likeness (QED) is 0.0197. The van der Waals surface area contributed by atoms with Crippen LogP contribution in [0.3, 0.4) is 0 Å². The molecule has 0 amide bonds. The van der Waals surface area contributed by atoms with Gasteiger partial charge >= 0.3 is 25.7 Å². The van der Waals surface area contributed by atoms with Gasteiger partial charge in [-0.25, -0.2) is 4.57 Å². The minimum absolute atomic E-state index is 0.128. The minimum atomic E-state index is -4.76. The zero-order valence-electron chi connectivity index (χ0n) is 48.7. The van der Waals surface area contributed by atoms with E-state index in [1.54, 1.807) is 0 Å². The van der Waals surface area contributed by atoms with Crippen molar-refractivity contribution in [2.75, 3.05) is 26.4 Å². The van der Waals surface area contributed by atoms with E-state index < -0.39 is 57.8 Å². The second-order valence-electron chi connectivity index (χ2n) is 20.5. The lowest BCUT2D eigenvalue weighted by atomic mass is 10.0. The maximum absolute atomic E-state index is 12.9. The number of carbonyl (C=O) groups excluding carboxylic acids is 3. The average molecular weight is 1090 g/mol. The smallest absolute Gasteiger partial charge is 0.462 e. The summed E-state index contributed by atoms with van der Waals surface area (Å²) in [5.41, 5.74) is 0. The minimum Gasteiger partial charge on any atom is -0.462 e. The molecule has 3 unspecified atom stereocenters. The molecule has 0 bridgehead atoms. The van der Waals surface area contributed by atoms with E-state index in [1.807, 2.05) is 0 Å². The van der Waals surface area contributed by atoms with Crippen LogP contribution < -0.4 is 0 Å². The van der Waals surface area contributed by atoms with Crippen molar-refractivity contribution in [1.29, 1.82) is 0 Å². The van der Waals surface area contributed by atoms with E-state index in [1.165, 1.54) is 109 Å². The van der Waals surface area contributed by atoms with Crippen molar-refractivity contribution in [3.63, 3.8) is 0 Å². The molecular formula is C64H113O11P. The fourth-order valence-electron chi connectivity index (χ4n) is 8.44. The molecule has 0 spiro atoms.